The van der Waals surface area contributed by atoms with Gasteiger partial charge in [-0.2, -0.15) is 0 Å². The standard InChI is InChI=1S/C19H28N2O/c1-15(2)19(22)21-13-7-11-18(21)17-10-6-12-20(17)14-16-8-4-3-5-9-16/h3-5,8-9,15,17-18H,6-7,10-14H2,1-2H3/t17-,18+/m0/s1. The number of benzene rings is 1. The third kappa shape index (κ3) is 3.19. The molecule has 0 bridgehead atoms. The largest absolute Gasteiger partial charge is 0.338 e. The molecule has 0 aliphatic carbocycles. The first-order valence-corrected chi connectivity index (χ1v) is 8.75. The first kappa shape index (κ1) is 15.5. The second-order valence-corrected chi connectivity index (χ2v) is 7.06. The first-order chi connectivity index (χ1) is 10.7. The summed E-state index contributed by atoms with van der Waals surface area (Å²) in [6, 6.07) is 11.7. The number of carbonyl (C=O) groups is 1. The lowest BCUT2D eigenvalue weighted by Gasteiger charge is -2.36. The predicted molar refractivity (Wildman–Crippen MR) is 89.4 cm³/mol. The number of likely N-dealkylation sites (tertiary alicyclic amines) is 2. The zero-order valence-corrected chi connectivity index (χ0v) is 13.9. The molecule has 1 aromatic carbocycles. The van der Waals surface area contributed by atoms with Gasteiger partial charge in [0.2, 0.25) is 5.91 Å². The summed E-state index contributed by atoms with van der Waals surface area (Å²) < 4.78 is 0. The fraction of sp³-hybridized carbons (Fsp3) is 0.632. The van der Waals surface area contributed by atoms with E-state index in [4.69, 9.17) is 0 Å². The van der Waals surface area contributed by atoms with Crippen LogP contribution in [0.5, 0.6) is 0 Å². The zero-order valence-electron chi connectivity index (χ0n) is 13.9. The van der Waals surface area contributed by atoms with Gasteiger partial charge in [0.15, 0.2) is 0 Å². The van der Waals surface area contributed by atoms with Crippen molar-refractivity contribution in [1.82, 2.24) is 9.80 Å². The van der Waals surface area contributed by atoms with Crippen molar-refractivity contribution in [3.05, 3.63) is 35.9 Å². The van der Waals surface area contributed by atoms with E-state index in [9.17, 15) is 4.79 Å². The SMILES string of the molecule is CC(C)C(=O)N1CCC[C@@H]1[C@@H]1CCCN1Cc1ccccc1. The molecule has 3 heteroatoms. The summed E-state index contributed by atoms with van der Waals surface area (Å²) in [6.07, 6.45) is 4.84. The Morgan fingerprint density at radius 2 is 1.77 bits per heavy atom. The number of nitrogens with zero attached hydrogens (tertiary/aromatic N) is 2. The van der Waals surface area contributed by atoms with Crippen molar-refractivity contribution in [3.63, 3.8) is 0 Å². The second kappa shape index (κ2) is 6.82. The van der Waals surface area contributed by atoms with Gasteiger partial charge in [-0.25, -0.2) is 0 Å². The van der Waals surface area contributed by atoms with Gasteiger partial charge in [0.05, 0.1) is 0 Å². The molecule has 2 heterocycles. The molecule has 2 atom stereocenters. The first-order valence-electron chi connectivity index (χ1n) is 8.75. The van der Waals surface area contributed by atoms with Crippen molar-refractivity contribution in [2.45, 2.75) is 58.2 Å². The third-order valence-electron chi connectivity index (χ3n) is 5.16. The average Bonchev–Trinajstić information content (AvgIpc) is 3.15. The van der Waals surface area contributed by atoms with Crippen LogP contribution in [0.1, 0.15) is 45.1 Å². The van der Waals surface area contributed by atoms with Gasteiger partial charge < -0.3 is 4.90 Å². The van der Waals surface area contributed by atoms with Crippen LogP contribution in [0.25, 0.3) is 0 Å². The van der Waals surface area contributed by atoms with Crippen LogP contribution in [0.2, 0.25) is 0 Å². The summed E-state index contributed by atoms with van der Waals surface area (Å²) in [6.45, 7) is 7.19. The van der Waals surface area contributed by atoms with Crippen LogP contribution in [0.3, 0.4) is 0 Å². The molecule has 0 radical (unpaired) electrons. The molecule has 2 aliphatic rings. The maximum atomic E-state index is 12.5. The minimum absolute atomic E-state index is 0.115. The quantitative estimate of drug-likeness (QED) is 0.852. The Labute approximate surface area is 134 Å². The van der Waals surface area contributed by atoms with Crippen molar-refractivity contribution in [1.29, 1.82) is 0 Å². The zero-order chi connectivity index (χ0) is 15.5. The summed E-state index contributed by atoms with van der Waals surface area (Å²) in [5, 5.41) is 0. The minimum atomic E-state index is 0.115. The number of hydrogen-bond donors (Lipinski definition) is 0. The van der Waals surface area contributed by atoms with Crippen molar-refractivity contribution in [2.75, 3.05) is 13.1 Å². The van der Waals surface area contributed by atoms with E-state index >= 15 is 0 Å². The number of hydrogen-bond acceptors (Lipinski definition) is 2. The van der Waals surface area contributed by atoms with Crippen LogP contribution in [-0.4, -0.2) is 40.9 Å². The van der Waals surface area contributed by atoms with Crippen LogP contribution in [0.15, 0.2) is 30.3 Å². The number of carbonyl (C=O) groups excluding carboxylic acids is 1. The number of amides is 1. The Kier molecular flexibility index (Phi) is 4.82. The van der Waals surface area contributed by atoms with Crippen LogP contribution >= 0.6 is 0 Å². The smallest absolute Gasteiger partial charge is 0.225 e. The fourth-order valence-electron chi connectivity index (χ4n) is 4.10. The van der Waals surface area contributed by atoms with Gasteiger partial charge in [-0.15, -0.1) is 0 Å². The van der Waals surface area contributed by atoms with Crippen molar-refractivity contribution < 1.29 is 4.79 Å². The summed E-state index contributed by atoms with van der Waals surface area (Å²) in [7, 11) is 0. The highest BCUT2D eigenvalue weighted by Crippen LogP contribution is 2.31. The summed E-state index contributed by atoms with van der Waals surface area (Å²) in [5.41, 5.74) is 1.38. The van der Waals surface area contributed by atoms with E-state index < -0.39 is 0 Å². The average molecular weight is 300 g/mol. The molecule has 0 saturated carbocycles. The highest BCUT2D eigenvalue weighted by Gasteiger charge is 2.39. The van der Waals surface area contributed by atoms with Gasteiger partial charge in [-0.1, -0.05) is 44.2 Å². The molecule has 0 spiro atoms. The van der Waals surface area contributed by atoms with Crippen molar-refractivity contribution in [3.8, 4) is 0 Å². The van der Waals surface area contributed by atoms with E-state index in [1.165, 1.54) is 37.8 Å². The molecule has 1 aromatic rings. The van der Waals surface area contributed by atoms with E-state index in [0.717, 1.165) is 13.1 Å². The molecule has 2 fully saturated rings. The van der Waals surface area contributed by atoms with E-state index in [-0.39, 0.29) is 5.92 Å². The normalized spacial score (nSPS) is 26.0. The van der Waals surface area contributed by atoms with Crippen LogP contribution in [0.4, 0.5) is 0 Å². The molecular weight excluding hydrogens is 272 g/mol. The van der Waals surface area contributed by atoms with Gasteiger partial charge in [0, 0.05) is 31.1 Å². The van der Waals surface area contributed by atoms with Crippen LogP contribution < -0.4 is 0 Å². The van der Waals surface area contributed by atoms with Crippen LogP contribution in [0, 0.1) is 5.92 Å². The van der Waals surface area contributed by atoms with Crippen LogP contribution in [-0.2, 0) is 11.3 Å². The van der Waals surface area contributed by atoms with Crippen molar-refractivity contribution >= 4 is 5.91 Å². The second-order valence-electron chi connectivity index (χ2n) is 7.06. The Balaban J connectivity index is 1.71. The molecule has 1 amide bonds. The highest BCUT2D eigenvalue weighted by molar-refractivity contribution is 5.78. The summed E-state index contributed by atoms with van der Waals surface area (Å²) in [4.78, 5) is 17.3. The van der Waals surface area contributed by atoms with Gasteiger partial charge in [0.1, 0.15) is 0 Å². The number of rotatable bonds is 4. The van der Waals surface area contributed by atoms with E-state index in [0.29, 0.717) is 18.0 Å². The monoisotopic (exact) mass is 300 g/mol. The van der Waals surface area contributed by atoms with Gasteiger partial charge in [0.25, 0.3) is 0 Å². The van der Waals surface area contributed by atoms with Crippen molar-refractivity contribution in [2.24, 2.45) is 5.92 Å². The molecule has 22 heavy (non-hydrogen) atoms. The van der Waals surface area contributed by atoms with Gasteiger partial charge >= 0.3 is 0 Å². The molecular formula is C19H28N2O. The van der Waals surface area contributed by atoms with Gasteiger partial charge in [-0.3, -0.25) is 9.69 Å². The molecule has 3 rings (SSSR count). The molecule has 120 valence electrons. The summed E-state index contributed by atoms with van der Waals surface area (Å²) in [5.74, 6) is 0.457. The lowest BCUT2D eigenvalue weighted by atomic mass is 10.0. The maximum absolute atomic E-state index is 12.5. The molecule has 3 nitrogen and oxygen atoms in total. The molecule has 0 unspecified atom stereocenters. The molecule has 2 aliphatic heterocycles. The Morgan fingerprint density at radius 1 is 1.09 bits per heavy atom. The Hall–Kier alpha value is -1.35. The minimum Gasteiger partial charge on any atom is -0.338 e. The third-order valence-corrected chi connectivity index (χ3v) is 5.16. The predicted octanol–water partition coefficient (Wildman–Crippen LogP) is 3.30. The summed E-state index contributed by atoms with van der Waals surface area (Å²) >= 11 is 0. The van der Waals surface area contributed by atoms with E-state index in [1.807, 2.05) is 13.8 Å². The lowest BCUT2D eigenvalue weighted by molar-refractivity contribution is -0.136. The van der Waals surface area contributed by atoms with Gasteiger partial charge in [-0.05, 0) is 37.8 Å². The lowest BCUT2D eigenvalue weighted by Crippen LogP contribution is -2.49. The van der Waals surface area contributed by atoms with E-state index in [1.54, 1.807) is 0 Å². The Bertz CT molecular complexity index is 499. The molecule has 0 N–H and O–H groups in total. The highest BCUT2D eigenvalue weighted by atomic mass is 16.2. The molecule has 0 aromatic heterocycles. The topological polar surface area (TPSA) is 23.6 Å². The maximum Gasteiger partial charge on any atom is 0.225 e. The fourth-order valence-corrected chi connectivity index (χ4v) is 4.10. The van der Waals surface area contributed by atoms with E-state index in [2.05, 4.69) is 40.1 Å². The molecule has 2 saturated heterocycles. The Morgan fingerprint density at radius 3 is 2.50 bits per heavy atom.